The van der Waals surface area contributed by atoms with Gasteiger partial charge < -0.3 is 0 Å². The molecule has 0 aliphatic carbocycles. The lowest BCUT2D eigenvalue weighted by molar-refractivity contribution is -0.137. The van der Waals surface area contributed by atoms with E-state index in [1.165, 1.54) is 19.3 Å². The summed E-state index contributed by atoms with van der Waals surface area (Å²) >= 11 is 0. The van der Waals surface area contributed by atoms with E-state index in [0.717, 1.165) is 6.07 Å². The third kappa shape index (κ3) is 3.66. The van der Waals surface area contributed by atoms with Crippen LogP contribution in [0, 0.1) is 11.3 Å². The number of aromatic nitrogens is 3. The third-order valence-corrected chi connectivity index (χ3v) is 4.44. The van der Waals surface area contributed by atoms with E-state index in [9.17, 15) is 21.6 Å². The molecule has 0 saturated heterocycles. The summed E-state index contributed by atoms with van der Waals surface area (Å²) in [6.07, 6.45) is -3.56. The van der Waals surface area contributed by atoms with Crippen LogP contribution in [0.25, 0.3) is 0 Å². The molecule has 7 nitrogen and oxygen atoms in total. The van der Waals surface area contributed by atoms with E-state index in [1.54, 1.807) is 0 Å². The second kappa shape index (κ2) is 5.98. The lowest BCUT2D eigenvalue weighted by atomic mass is 10.1. The lowest BCUT2D eigenvalue weighted by Crippen LogP contribution is -2.28. The zero-order chi connectivity index (χ0) is 17.3. The molecule has 2 aromatic rings. The maximum absolute atomic E-state index is 12.7. The van der Waals surface area contributed by atoms with Crippen molar-refractivity contribution in [3.05, 3.63) is 41.5 Å². The Morgan fingerprint density at radius 1 is 1.39 bits per heavy atom. The van der Waals surface area contributed by atoms with Crippen LogP contribution in [0.1, 0.15) is 29.9 Å². The number of nitrogens with zero attached hydrogens (tertiary/aromatic N) is 3. The number of rotatable bonds is 4. The minimum atomic E-state index is -4.74. The van der Waals surface area contributed by atoms with Crippen molar-refractivity contribution in [2.24, 2.45) is 0 Å². The molecule has 0 bridgehead atoms. The second-order valence-electron chi connectivity index (χ2n) is 4.53. The summed E-state index contributed by atoms with van der Waals surface area (Å²) in [5.74, 6) is 0.237. The molecule has 0 radical (unpaired) electrons. The van der Waals surface area contributed by atoms with Crippen LogP contribution < -0.4 is 4.72 Å². The van der Waals surface area contributed by atoms with Crippen LogP contribution in [0.5, 0.6) is 0 Å². The van der Waals surface area contributed by atoms with Crippen molar-refractivity contribution >= 4 is 10.0 Å². The Bertz CT molecular complexity index is 841. The molecule has 0 aliphatic rings. The molecule has 11 heteroatoms. The minimum Gasteiger partial charge on any atom is -0.262 e. The van der Waals surface area contributed by atoms with Gasteiger partial charge in [-0.05, 0) is 25.1 Å². The molecule has 1 heterocycles. The Morgan fingerprint density at radius 2 is 2.09 bits per heavy atom. The molecule has 0 fully saturated rings. The summed E-state index contributed by atoms with van der Waals surface area (Å²) in [5.41, 5.74) is -1.96. The van der Waals surface area contributed by atoms with Gasteiger partial charge in [0.15, 0.2) is 0 Å². The highest BCUT2D eigenvalue weighted by atomic mass is 32.2. The van der Waals surface area contributed by atoms with Gasteiger partial charge in [-0.15, -0.1) is 0 Å². The van der Waals surface area contributed by atoms with Crippen molar-refractivity contribution in [1.82, 2.24) is 19.9 Å². The Labute approximate surface area is 129 Å². The summed E-state index contributed by atoms with van der Waals surface area (Å²) in [7, 11) is -4.14. The van der Waals surface area contributed by atoms with Gasteiger partial charge in [0, 0.05) is 0 Å². The normalized spacial score (nSPS) is 13.5. The maximum Gasteiger partial charge on any atom is 0.417 e. The van der Waals surface area contributed by atoms with Gasteiger partial charge in [-0.2, -0.15) is 23.5 Å². The zero-order valence-electron chi connectivity index (χ0n) is 11.6. The first kappa shape index (κ1) is 16.9. The zero-order valence-corrected chi connectivity index (χ0v) is 12.4. The average molecular weight is 345 g/mol. The second-order valence-corrected chi connectivity index (χ2v) is 6.24. The molecule has 122 valence electrons. The number of hydrogen-bond donors (Lipinski definition) is 2. The Morgan fingerprint density at radius 3 is 2.61 bits per heavy atom. The fourth-order valence-electron chi connectivity index (χ4n) is 1.81. The maximum atomic E-state index is 12.7. The van der Waals surface area contributed by atoms with Gasteiger partial charge in [0.2, 0.25) is 10.0 Å². The molecular weight excluding hydrogens is 335 g/mol. The summed E-state index contributed by atoms with van der Waals surface area (Å²) in [6, 6.07) is 2.60. The summed E-state index contributed by atoms with van der Waals surface area (Å²) in [5, 5.41) is 14.9. The van der Waals surface area contributed by atoms with E-state index in [1.807, 2.05) is 0 Å². The van der Waals surface area contributed by atoms with Gasteiger partial charge in [0.25, 0.3) is 0 Å². The minimum absolute atomic E-state index is 0.237. The fourth-order valence-corrected chi connectivity index (χ4v) is 3.04. The van der Waals surface area contributed by atoms with E-state index >= 15 is 0 Å². The third-order valence-electron chi connectivity index (χ3n) is 2.90. The summed E-state index contributed by atoms with van der Waals surface area (Å²) in [4.78, 5) is 3.33. The Kier molecular flexibility index (Phi) is 4.39. The molecule has 0 aliphatic heterocycles. The molecular formula is C12H10F3N5O2S. The quantitative estimate of drug-likeness (QED) is 0.876. The van der Waals surface area contributed by atoms with Gasteiger partial charge in [0.1, 0.15) is 12.2 Å². The van der Waals surface area contributed by atoms with Crippen molar-refractivity contribution in [2.45, 2.75) is 24.0 Å². The number of hydrogen-bond acceptors (Lipinski definition) is 5. The molecule has 2 rings (SSSR count). The van der Waals surface area contributed by atoms with Gasteiger partial charge >= 0.3 is 6.18 Å². The highest BCUT2D eigenvalue weighted by Crippen LogP contribution is 2.32. The summed E-state index contributed by atoms with van der Waals surface area (Å²) in [6.45, 7) is 1.48. The SMILES string of the molecule is CC(NS(=O)(=O)c1ccc(C(F)(F)F)c(C#N)c1)c1ncn[nH]1. The van der Waals surface area contributed by atoms with Crippen molar-refractivity contribution in [1.29, 1.82) is 5.26 Å². The topological polar surface area (TPSA) is 112 Å². The van der Waals surface area contributed by atoms with Crippen LogP contribution >= 0.6 is 0 Å². The van der Waals surface area contributed by atoms with Crippen LogP contribution in [-0.2, 0) is 16.2 Å². The van der Waals surface area contributed by atoms with Crippen LogP contribution in [0.4, 0.5) is 13.2 Å². The van der Waals surface area contributed by atoms with E-state index < -0.39 is 38.3 Å². The first-order chi connectivity index (χ1) is 10.6. The molecule has 1 aromatic carbocycles. The number of sulfonamides is 1. The van der Waals surface area contributed by atoms with E-state index in [0.29, 0.717) is 12.1 Å². The van der Waals surface area contributed by atoms with Gasteiger partial charge in [-0.1, -0.05) is 0 Å². The smallest absolute Gasteiger partial charge is 0.262 e. The van der Waals surface area contributed by atoms with Crippen molar-refractivity contribution in [3.8, 4) is 6.07 Å². The van der Waals surface area contributed by atoms with Crippen molar-refractivity contribution < 1.29 is 21.6 Å². The van der Waals surface area contributed by atoms with Crippen LogP contribution in [0.2, 0.25) is 0 Å². The highest BCUT2D eigenvalue weighted by Gasteiger charge is 2.34. The van der Waals surface area contributed by atoms with E-state index in [4.69, 9.17) is 5.26 Å². The van der Waals surface area contributed by atoms with Gasteiger partial charge in [-0.3, -0.25) is 5.10 Å². The molecule has 1 aromatic heterocycles. The van der Waals surface area contributed by atoms with E-state index in [2.05, 4.69) is 19.9 Å². The van der Waals surface area contributed by atoms with Crippen molar-refractivity contribution in [3.63, 3.8) is 0 Å². The molecule has 23 heavy (non-hydrogen) atoms. The molecule has 1 unspecified atom stereocenters. The largest absolute Gasteiger partial charge is 0.417 e. The molecule has 2 N–H and O–H groups in total. The van der Waals surface area contributed by atoms with E-state index in [-0.39, 0.29) is 5.82 Å². The van der Waals surface area contributed by atoms with Crippen LogP contribution in [0.15, 0.2) is 29.4 Å². The standard InChI is InChI=1S/C12H10F3N5O2S/c1-7(11-17-6-18-19-11)20-23(21,22)9-2-3-10(12(13,14)15)8(4-9)5-16/h2-4,6-7,20H,1H3,(H,17,18,19). The van der Waals surface area contributed by atoms with Crippen molar-refractivity contribution in [2.75, 3.05) is 0 Å². The number of halogens is 3. The fraction of sp³-hybridized carbons (Fsp3) is 0.250. The highest BCUT2D eigenvalue weighted by molar-refractivity contribution is 7.89. The number of nitriles is 1. The number of nitrogens with one attached hydrogen (secondary N) is 2. The first-order valence-electron chi connectivity index (χ1n) is 6.14. The molecule has 0 saturated carbocycles. The number of H-pyrrole nitrogens is 1. The number of aromatic amines is 1. The number of alkyl halides is 3. The molecule has 0 amide bonds. The molecule has 1 atom stereocenters. The average Bonchev–Trinajstić information content (AvgIpc) is 2.99. The van der Waals surface area contributed by atoms with Gasteiger partial charge in [-0.25, -0.2) is 18.1 Å². The predicted molar refractivity (Wildman–Crippen MR) is 71.3 cm³/mol. The van der Waals surface area contributed by atoms with Crippen LogP contribution in [-0.4, -0.2) is 23.6 Å². The Hall–Kier alpha value is -2.45. The Balaban J connectivity index is 2.36. The molecule has 0 spiro atoms. The lowest BCUT2D eigenvalue weighted by Gasteiger charge is -2.13. The monoisotopic (exact) mass is 345 g/mol. The summed E-state index contributed by atoms with van der Waals surface area (Å²) < 4.78 is 64.8. The number of benzene rings is 1. The predicted octanol–water partition coefficient (Wildman–Crippen LogP) is 1.73. The van der Waals surface area contributed by atoms with Crippen LogP contribution in [0.3, 0.4) is 0 Å². The first-order valence-corrected chi connectivity index (χ1v) is 7.62. The van der Waals surface area contributed by atoms with Gasteiger partial charge in [0.05, 0.1) is 28.1 Å².